The molecule has 0 spiro atoms. The number of hydrogen-bond donors (Lipinski definition) is 1. The van der Waals surface area contributed by atoms with Crippen LogP contribution in [0.15, 0.2) is 18.2 Å². The summed E-state index contributed by atoms with van der Waals surface area (Å²) < 4.78 is 48.2. The van der Waals surface area contributed by atoms with Gasteiger partial charge in [-0.2, -0.15) is 13.2 Å². The fourth-order valence-corrected chi connectivity index (χ4v) is 1.00. The first-order valence-corrected chi connectivity index (χ1v) is 4.04. The Bertz CT molecular complexity index is 406. The van der Waals surface area contributed by atoms with Crippen molar-refractivity contribution in [1.82, 2.24) is 0 Å². The standard InChI is InChI=1S/C8H6F4N2O2/c9-5-1-2-6(7(3-5)14(15)16)13-4-8(10,11)12/h1-3,13H,4H2. The van der Waals surface area contributed by atoms with Crippen LogP contribution in [0.5, 0.6) is 0 Å². The van der Waals surface area contributed by atoms with Gasteiger partial charge in [0, 0.05) is 0 Å². The van der Waals surface area contributed by atoms with E-state index in [-0.39, 0.29) is 5.69 Å². The van der Waals surface area contributed by atoms with Crippen molar-refractivity contribution in [3.63, 3.8) is 0 Å². The topological polar surface area (TPSA) is 55.2 Å². The molecule has 1 aromatic rings. The van der Waals surface area contributed by atoms with E-state index in [1.165, 1.54) is 0 Å². The van der Waals surface area contributed by atoms with Crippen LogP contribution < -0.4 is 5.32 Å². The minimum Gasteiger partial charge on any atom is -0.371 e. The molecular weight excluding hydrogens is 232 g/mol. The van der Waals surface area contributed by atoms with E-state index < -0.39 is 29.1 Å². The van der Waals surface area contributed by atoms with Gasteiger partial charge in [-0.05, 0) is 12.1 Å². The Morgan fingerprint density at radius 3 is 2.50 bits per heavy atom. The molecule has 0 aliphatic carbocycles. The van der Waals surface area contributed by atoms with Crippen molar-refractivity contribution in [2.45, 2.75) is 6.18 Å². The predicted molar refractivity (Wildman–Crippen MR) is 47.6 cm³/mol. The van der Waals surface area contributed by atoms with Gasteiger partial charge in [-0.15, -0.1) is 0 Å². The van der Waals surface area contributed by atoms with E-state index in [1.807, 2.05) is 5.32 Å². The molecule has 1 aromatic carbocycles. The van der Waals surface area contributed by atoms with Crippen LogP contribution in [0.25, 0.3) is 0 Å². The zero-order valence-electron chi connectivity index (χ0n) is 7.71. The van der Waals surface area contributed by atoms with E-state index in [9.17, 15) is 27.7 Å². The highest BCUT2D eigenvalue weighted by atomic mass is 19.4. The van der Waals surface area contributed by atoms with Crippen molar-refractivity contribution in [3.8, 4) is 0 Å². The Morgan fingerprint density at radius 2 is 2.00 bits per heavy atom. The number of nitro groups is 1. The van der Waals surface area contributed by atoms with Gasteiger partial charge in [-0.25, -0.2) is 4.39 Å². The maximum Gasteiger partial charge on any atom is 0.405 e. The molecule has 0 bridgehead atoms. The summed E-state index contributed by atoms with van der Waals surface area (Å²) in [5, 5.41) is 12.2. The Morgan fingerprint density at radius 1 is 1.38 bits per heavy atom. The second-order valence-electron chi connectivity index (χ2n) is 2.89. The summed E-state index contributed by atoms with van der Waals surface area (Å²) in [6.45, 7) is -1.42. The number of nitro benzene ring substituents is 1. The molecule has 8 heteroatoms. The van der Waals surface area contributed by atoms with Gasteiger partial charge in [0.25, 0.3) is 5.69 Å². The molecule has 0 aromatic heterocycles. The van der Waals surface area contributed by atoms with Gasteiger partial charge in [0.15, 0.2) is 0 Å². The predicted octanol–water partition coefficient (Wildman–Crippen LogP) is 2.71. The second-order valence-corrected chi connectivity index (χ2v) is 2.89. The summed E-state index contributed by atoms with van der Waals surface area (Å²) in [7, 11) is 0. The van der Waals surface area contributed by atoms with Crippen molar-refractivity contribution in [2.75, 3.05) is 11.9 Å². The fraction of sp³-hybridized carbons (Fsp3) is 0.250. The average Bonchev–Trinajstić information content (AvgIpc) is 2.14. The number of benzene rings is 1. The number of nitrogens with zero attached hydrogens (tertiary/aromatic N) is 1. The van der Waals surface area contributed by atoms with Gasteiger partial charge in [0.05, 0.1) is 11.0 Å². The zero-order valence-corrected chi connectivity index (χ0v) is 7.71. The molecule has 0 atom stereocenters. The number of hydrogen-bond acceptors (Lipinski definition) is 3. The average molecular weight is 238 g/mol. The van der Waals surface area contributed by atoms with E-state index >= 15 is 0 Å². The van der Waals surface area contributed by atoms with Crippen LogP contribution in [0.4, 0.5) is 28.9 Å². The Labute approximate surface area is 87.0 Å². The lowest BCUT2D eigenvalue weighted by atomic mass is 10.2. The lowest BCUT2D eigenvalue weighted by Gasteiger charge is -2.09. The third kappa shape index (κ3) is 3.37. The van der Waals surface area contributed by atoms with Gasteiger partial charge in [0.1, 0.15) is 18.0 Å². The zero-order chi connectivity index (χ0) is 12.3. The number of alkyl halides is 3. The Balaban J connectivity index is 2.91. The molecule has 0 saturated carbocycles. The van der Waals surface area contributed by atoms with E-state index in [1.54, 1.807) is 0 Å². The smallest absolute Gasteiger partial charge is 0.371 e. The fourth-order valence-electron chi connectivity index (χ4n) is 1.00. The largest absolute Gasteiger partial charge is 0.405 e. The molecule has 16 heavy (non-hydrogen) atoms. The summed E-state index contributed by atoms with van der Waals surface area (Å²) >= 11 is 0. The van der Waals surface area contributed by atoms with Crippen LogP contribution in [-0.4, -0.2) is 17.6 Å². The van der Waals surface area contributed by atoms with Crippen LogP contribution >= 0.6 is 0 Å². The lowest BCUT2D eigenvalue weighted by Crippen LogP contribution is -2.21. The van der Waals surface area contributed by atoms with Gasteiger partial charge >= 0.3 is 6.18 Å². The van der Waals surface area contributed by atoms with Crippen LogP contribution in [0.3, 0.4) is 0 Å². The SMILES string of the molecule is O=[N+]([O-])c1cc(F)ccc1NCC(F)(F)F. The Hall–Kier alpha value is -1.86. The molecule has 0 aliphatic rings. The molecule has 0 amide bonds. The molecule has 4 nitrogen and oxygen atoms in total. The quantitative estimate of drug-likeness (QED) is 0.500. The highest BCUT2D eigenvalue weighted by molar-refractivity contribution is 5.61. The van der Waals surface area contributed by atoms with Crippen molar-refractivity contribution in [1.29, 1.82) is 0 Å². The first-order chi connectivity index (χ1) is 7.29. The normalized spacial score (nSPS) is 11.2. The van der Waals surface area contributed by atoms with Crippen molar-refractivity contribution < 1.29 is 22.5 Å². The van der Waals surface area contributed by atoms with Crippen LogP contribution in [0, 0.1) is 15.9 Å². The monoisotopic (exact) mass is 238 g/mol. The summed E-state index contributed by atoms with van der Waals surface area (Å²) in [6, 6.07) is 2.28. The van der Waals surface area contributed by atoms with Crippen LogP contribution in [0.1, 0.15) is 0 Å². The number of nitrogens with one attached hydrogen (secondary N) is 1. The maximum atomic E-state index is 12.6. The van der Waals surface area contributed by atoms with E-state index in [0.29, 0.717) is 6.07 Å². The van der Waals surface area contributed by atoms with Gasteiger partial charge in [-0.1, -0.05) is 0 Å². The minimum atomic E-state index is -4.50. The highest BCUT2D eigenvalue weighted by Gasteiger charge is 2.28. The molecule has 0 aliphatic heterocycles. The molecule has 0 unspecified atom stereocenters. The van der Waals surface area contributed by atoms with E-state index in [4.69, 9.17) is 0 Å². The number of halogens is 4. The number of anilines is 1. The van der Waals surface area contributed by atoms with Crippen molar-refractivity contribution in [2.24, 2.45) is 0 Å². The van der Waals surface area contributed by atoms with Crippen molar-refractivity contribution in [3.05, 3.63) is 34.1 Å². The molecule has 0 saturated heterocycles. The summed E-state index contributed by atoms with van der Waals surface area (Å²) in [5.74, 6) is -0.885. The summed E-state index contributed by atoms with van der Waals surface area (Å²) in [6.07, 6.45) is -4.50. The molecule has 0 heterocycles. The molecular formula is C8H6F4N2O2. The molecule has 0 radical (unpaired) electrons. The van der Waals surface area contributed by atoms with Crippen LogP contribution in [-0.2, 0) is 0 Å². The van der Waals surface area contributed by atoms with E-state index in [0.717, 1.165) is 12.1 Å². The minimum absolute atomic E-state index is 0.372. The summed E-state index contributed by atoms with van der Waals surface area (Å²) in [5.41, 5.74) is -1.10. The first-order valence-electron chi connectivity index (χ1n) is 4.04. The van der Waals surface area contributed by atoms with Gasteiger partial charge < -0.3 is 5.32 Å². The van der Waals surface area contributed by atoms with E-state index in [2.05, 4.69) is 0 Å². The lowest BCUT2D eigenvalue weighted by molar-refractivity contribution is -0.384. The van der Waals surface area contributed by atoms with Crippen LogP contribution in [0.2, 0.25) is 0 Å². The highest BCUT2D eigenvalue weighted by Crippen LogP contribution is 2.26. The molecule has 1 N–H and O–H groups in total. The van der Waals surface area contributed by atoms with Crippen molar-refractivity contribution >= 4 is 11.4 Å². The second kappa shape index (κ2) is 4.33. The number of rotatable bonds is 3. The first kappa shape index (κ1) is 12.2. The third-order valence-corrected chi connectivity index (χ3v) is 1.64. The molecule has 1 rings (SSSR count). The Kier molecular flexibility index (Phi) is 3.31. The van der Waals surface area contributed by atoms with Gasteiger partial charge in [0.2, 0.25) is 0 Å². The molecule has 0 fully saturated rings. The third-order valence-electron chi connectivity index (χ3n) is 1.64. The maximum absolute atomic E-state index is 12.6. The molecule has 88 valence electrons. The van der Waals surface area contributed by atoms with Gasteiger partial charge in [-0.3, -0.25) is 10.1 Å². The summed E-state index contributed by atoms with van der Waals surface area (Å²) in [4.78, 5) is 9.46.